The molecular weight excluding hydrogens is 380 g/mol. The van der Waals surface area contributed by atoms with Crippen LogP contribution in [0.5, 0.6) is 11.5 Å². The van der Waals surface area contributed by atoms with Gasteiger partial charge in [-0.15, -0.1) is 0 Å². The molecule has 0 unspecified atom stereocenters. The molecule has 0 bridgehead atoms. The minimum atomic E-state index is -3.54. The predicted octanol–water partition coefficient (Wildman–Crippen LogP) is 2.73. The highest BCUT2D eigenvalue weighted by Gasteiger charge is 2.30. The second-order valence-electron chi connectivity index (χ2n) is 5.87. The lowest BCUT2D eigenvalue weighted by Crippen LogP contribution is -2.33. The number of hydrogen-bond donors (Lipinski definition) is 0. The number of nitrogens with zero attached hydrogens (tertiary/aromatic N) is 1. The van der Waals surface area contributed by atoms with Crippen LogP contribution in [0, 0.1) is 0 Å². The van der Waals surface area contributed by atoms with Crippen LogP contribution in [-0.2, 0) is 16.4 Å². The number of hydrogen-bond acceptors (Lipinski definition) is 5. The zero-order valence-electron chi connectivity index (χ0n) is 14.4. The second kappa shape index (κ2) is 7.51. The van der Waals surface area contributed by atoms with E-state index in [2.05, 4.69) is 4.74 Å². The molecule has 1 heterocycles. The summed E-state index contributed by atoms with van der Waals surface area (Å²) in [6, 6.07) is 10.6. The van der Waals surface area contributed by atoms with Crippen LogP contribution in [-0.4, -0.2) is 45.2 Å². The summed E-state index contributed by atoms with van der Waals surface area (Å²) in [4.78, 5) is 14.5. The number of carbonyl (C=O) groups is 1. The summed E-state index contributed by atoms with van der Waals surface area (Å²) in [7, 11) is -2.26. The molecule has 144 valence electrons. The first-order valence-electron chi connectivity index (χ1n) is 8.05. The zero-order chi connectivity index (χ0) is 19.6. The molecule has 1 aliphatic heterocycles. The minimum absolute atomic E-state index is 0.0102. The Hall–Kier alpha value is -2.68. The topological polar surface area (TPSA) is 72.9 Å². The number of rotatable bonds is 4. The predicted molar refractivity (Wildman–Crippen MR) is 92.9 cm³/mol. The normalized spacial score (nSPS) is 15.8. The van der Waals surface area contributed by atoms with Crippen molar-refractivity contribution in [2.45, 2.75) is 18.1 Å². The number of ether oxygens (including phenoxy) is 2. The maximum Gasteiger partial charge on any atom is 0.387 e. The van der Waals surface area contributed by atoms with Crippen molar-refractivity contribution in [1.29, 1.82) is 0 Å². The fourth-order valence-electron chi connectivity index (χ4n) is 2.96. The lowest BCUT2D eigenvalue weighted by atomic mass is 10.1. The highest BCUT2D eigenvalue weighted by Crippen LogP contribution is 2.34. The summed E-state index contributed by atoms with van der Waals surface area (Å²) in [6.07, 6.45) is 0. The van der Waals surface area contributed by atoms with Gasteiger partial charge in [0.05, 0.1) is 23.3 Å². The molecule has 2 aromatic carbocycles. The Balaban J connectivity index is 2.00. The van der Waals surface area contributed by atoms with Gasteiger partial charge in [-0.25, -0.2) is 8.42 Å². The molecule has 0 N–H and O–H groups in total. The first kappa shape index (κ1) is 19.1. The van der Waals surface area contributed by atoms with E-state index in [1.165, 1.54) is 36.3 Å². The van der Waals surface area contributed by atoms with Gasteiger partial charge < -0.3 is 14.4 Å². The molecule has 1 amide bonds. The van der Waals surface area contributed by atoms with E-state index in [1.807, 2.05) is 0 Å². The largest absolute Gasteiger partial charge is 0.493 e. The Morgan fingerprint density at radius 2 is 1.89 bits per heavy atom. The van der Waals surface area contributed by atoms with E-state index in [9.17, 15) is 22.0 Å². The van der Waals surface area contributed by atoms with E-state index in [1.54, 1.807) is 18.2 Å². The number of para-hydroxylation sites is 1. The fourth-order valence-corrected chi connectivity index (χ4v) is 4.46. The number of halogens is 2. The van der Waals surface area contributed by atoms with Crippen molar-refractivity contribution in [3.63, 3.8) is 0 Å². The average molecular weight is 397 g/mol. The Bertz CT molecular complexity index is 962. The lowest BCUT2D eigenvalue weighted by Gasteiger charge is -2.22. The zero-order valence-corrected chi connectivity index (χ0v) is 15.2. The van der Waals surface area contributed by atoms with Gasteiger partial charge in [0.15, 0.2) is 21.3 Å². The SMILES string of the molecule is COc1cccc(C(=O)N2CCS(=O)(=O)c3ccccc3C2)c1OC(F)F. The van der Waals surface area contributed by atoms with Gasteiger partial charge in [-0.3, -0.25) is 4.79 Å². The third-order valence-corrected chi connectivity index (χ3v) is 6.01. The van der Waals surface area contributed by atoms with Crippen molar-refractivity contribution in [1.82, 2.24) is 4.90 Å². The molecule has 0 fully saturated rings. The van der Waals surface area contributed by atoms with E-state index in [4.69, 9.17) is 4.74 Å². The van der Waals surface area contributed by atoms with E-state index in [-0.39, 0.29) is 40.8 Å². The molecule has 0 radical (unpaired) electrons. The highest BCUT2D eigenvalue weighted by atomic mass is 32.2. The first-order chi connectivity index (χ1) is 12.8. The van der Waals surface area contributed by atoms with Crippen molar-refractivity contribution >= 4 is 15.7 Å². The fraction of sp³-hybridized carbons (Fsp3) is 0.278. The summed E-state index contributed by atoms with van der Waals surface area (Å²) < 4.78 is 60.0. The van der Waals surface area contributed by atoms with Crippen LogP contribution < -0.4 is 9.47 Å². The van der Waals surface area contributed by atoms with Gasteiger partial charge in [0.2, 0.25) is 0 Å². The number of carbonyl (C=O) groups excluding carboxylic acids is 1. The maximum atomic E-state index is 13.0. The maximum absolute atomic E-state index is 13.0. The first-order valence-corrected chi connectivity index (χ1v) is 9.70. The van der Waals surface area contributed by atoms with Gasteiger partial charge in [-0.1, -0.05) is 24.3 Å². The van der Waals surface area contributed by atoms with Crippen molar-refractivity contribution in [3.05, 3.63) is 53.6 Å². The second-order valence-corrected chi connectivity index (χ2v) is 7.95. The summed E-state index contributed by atoms with van der Waals surface area (Å²) in [5.41, 5.74) is 0.356. The molecule has 27 heavy (non-hydrogen) atoms. The molecule has 6 nitrogen and oxygen atoms in total. The minimum Gasteiger partial charge on any atom is -0.493 e. The van der Waals surface area contributed by atoms with E-state index in [0.29, 0.717) is 5.56 Å². The van der Waals surface area contributed by atoms with Crippen molar-refractivity contribution in [3.8, 4) is 11.5 Å². The van der Waals surface area contributed by atoms with Crippen molar-refractivity contribution in [2.24, 2.45) is 0 Å². The molecule has 0 saturated carbocycles. The van der Waals surface area contributed by atoms with Crippen LogP contribution >= 0.6 is 0 Å². The Morgan fingerprint density at radius 3 is 2.59 bits per heavy atom. The van der Waals surface area contributed by atoms with E-state index >= 15 is 0 Å². The number of sulfone groups is 1. The summed E-state index contributed by atoms with van der Waals surface area (Å²) in [5, 5.41) is 0. The van der Waals surface area contributed by atoms with Crippen molar-refractivity contribution in [2.75, 3.05) is 19.4 Å². The van der Waals surface area contributed by atoms with Crippen LogP contribution in [0.4, 0.5) is 8.78 Å². The van der Waals surface area contributed by atoms with Crippen LogP contribution in [0.2, 0.25) is 0 Å². The third-order valence-electron chi connectivity index (χ3n) is 4.22. The molecule has 0 aliphatic carbocycles. The Morgan fingerprint density at radius 1 is 1.15 bits per heavy atom. The Kier molecular flexibility index (Phi) is 5.31. The lowest BCUT2D eigenvalue weighted by molar-refractivity contribution is -0.0516. The summed E-state index contributed by atoms with van der Waals surface area (Å²) >= 11 is 0. The number of methoxy groups -OCH3 is 1. The van der Waals surface area contributed by atoms with Gasteiger partial charge in [0, 0.05) is 13.1 Å². The molecule has 0 spiro atoms. The van der Waals surface area contributed by atoms with Gasteiger partial charge >= 0.3 is 6.61 Å². The standard InChI is InChI=1S/C18H17F2NO5S/c1-25-14-7-4-6-13(16(14)26-18(19)20)17(22)21-9-10-27(23,24)15-8-3-2-5-12(15)11-21/h2-8,18H,9-11H2,1H3. The molecule has 2 aromatic rings. The van der Waals surface area contributed by atoms with Crippen molar-refractivity contribution < 1.29 is 31.5 Å². The molecule has 3 rings (SSSR count). The molecule has 0 saturated heterocycles. The molecule has 1 aliphatic rings. The van der Waals surface area contributed by atoms with Gasteiger partial charge in [0.1, 0.15) is 0 Å². The van der Waals surface area contributed by atoms with E-state index in [0.717, 1.165) is 0 Å². The monoisotopic (exact) mass is 397 g/mol. The Labute approximate surface area is 155 Å². The number of alkyl halides is 2. The van der Waals surface area contributed by atoms with Crippen LogP contribution in [0.1, 0.15) is 15.9 Å². The summed E-state index contributed by atoms with van der Waals surface area (Å²) in [5.74, 6) is -1.26. The third kappa shape index (κ3) is 3.87. The molecular formula is C18H17F2NO5S. The number of amides is 1. The van der Waals surface area contributed by atoms with Crippen LogP contribution in [0.15, 0.2) is 47.4 Å². The van der Waals surface area contributed by atoms with E-state index < -0.39 is 22.4 Å². The van der Waals surface area contributed by atoms with Gasteiger partial charge in [-0.2, -0.15) is 8.78 Å². The van der Waals surface area contributed by atoms with Crippen LogP contribution in [0.25, 0.3) is 0 Å². The molecule has 0 aromatic heterocycles. The molecule has 0 atom stereocenters. The number of benzene rings is 2. The quantitative estimate of drug-likeness (QED) is 0.793. The average Bonchev–Trinajstić information content (AvgIpc) is 2.77. The van der Waals surface area contributed by atoms with Crippen LogP contribution in [0.3, 0.4) is 0 Å². The number of fused-ring (bicyclic) bond motifs is 1. The van der Waals surface area contributed by atoms with Gasteiger partial charge in [-0.05, 0) is 23.8 Å². The molecule has 9 heteroatoms. The summed E-state index contributed by atoms with van der Waals surface area (Å²) in [6.45, 7) is -3.17. The smallest absolute Gasteiger partial charge is 0.387 e. The highest BCUT2D eigenvalue weighted by molar-refractivity contribution is 7.91. The van der Waals surface area contributed by atoms with Gasteiger partial charge in [0.25, 0.3) is 5.91 Å².